The fourth-order valence-corrected chi connectivity index (χ4v) is 4.24. The van der Waals surface area contributed by atoms with Gasteiger partial charge in [0.15, 0.2) is 0 Å². The summed E-state index contributed by atoms with van der Waals surface area (Å²) in [6.45, 7) is 0.473. The van der Waals surface area contributed by atoms with Gasteiger partial charge in [-0.2, -0.15) is 0 Å². The highest BCUT2D eigenvalue weighted by atomic mass is 32.2. The van der Waals surface area contributed by atoms with Crippen molar-refractivity contribution in [1.82, 2.24) is 10.2 Å². The molecule has 0 heterocycles. The molecule has 162 valence electrons. The summed E-state index contributed by atoms with van der Waals surface area (Å²) in [6, 6.07) is 24.9. The zero-order chi connectivity index (χ0) is 22.3. The Hall–Kier alpha value is -3.16. The van der Waals surface area contributed by atoms with Crippen molar-refractivity contribution in [3.63, 3.8) is 0 Å². The van der Waals surface area contributed by atoms with Crippen LogP contribution in [0.15, 0.2) is 89.8 Å². The van der Waals surface area contributed by atoms with Crippen molar-refractivity contribution in [2.75, 3.05) is 25.4 Å². The Balaban J connectivity index is 1.65. The lowest BCUT2D eigenvalue weighted by Gasteiger charge is -2.25. The predicted molar refractivity (Wildman–Crippen MR) is 124 cm³/mol. The summed E-state index contributed by atoms with van der Waals surface area (Å²) >= 11 is 0. The van der Waals surface area contributed by atoms with Crippen LogP contribution in [0.25, 0.3) is 0 Å². The molecule has 31 heavy (non-hydrogen) atoms. The highest BCUT2D eigenvalue weighted by Gasteiger charge is 2.17. The van der Waals surface area contributed by atoms with E-state index in [0.717, 1.165) is 6.42 Å². The number of hydrogen-bond donors (Lipinski definition) is 2. The topological polar surface area (TPSA) is 78.5 Å². The first kappa shape index (κ1) is 22.5. The molecule has 2 N–H and O–H groups in total. The first-order chi connectivity index (χ1) is 14.8. The van der Waals surface area contributed by atoms with E-state index in [1.807, 2.05) is 32.3 Å². The van der Waals surface area contributed by atoms with Gasteiger partial charge in [-0.25, -0.2) is 8.42 Å². The zero-order valence-corrected chi connectivity index (χ0v) is 18.5. The number of carbonyl (C=O) groups is 1. The van der Waals surface area contributed by atoms with Crippen molar-refractivity contribution in [3.8, 4) is 0 Å². The molecule has 0 fully saturated rings. The molecule has 3 aromatic rings. The van der Waals surface area contributed by atoms with Gasteiger partial charge >= 0.3 is 0 Å². The number of amides is 1. The normalized spacial score (nSPS) is 12.4. The third-order valence-electron chi connectivity index (χ3n) is 4.97. The molecular formula is C24H27N3O3S. The summed E-state index contributed by atoms with van der Waals surface area (Å²) in [4.78, 5) is 15.0. The zero-order valence-electron chi connectivity index (χ0n) is 17.7. The Morgan fingerprint density at radius 2 is 1.55 bits per heavy atom. The molecule has 1 amide bonds. The maximum atomic E-state index is 12.7. The monoisotopic (exact) mass is 437 g/mol. The number of carbonyl (C=O) groups excluding carboxylic acids is 1. The Morgan fingerprint density at radius 1 is 0.903 bits per heavy atom. The standard InChI is InChI=1S/C24H27N3O3S/c1-27(2)22(16-19-10-5-3-6-11-19)18-25-24(28)20-12-9-13-21(17-20)26-31(29,30)23-14-7-4-8-15-23/h3-15,17,22,26H,16,18H2,1-2H3,(H,25,28). The van der Waals surface area contributed by atoms with Crippen LogP contribution in [0.4, 0.5) is 5.69 Å². The van der Waals surface area contributed by atoms with Gasteiger partial charge in [0.2, 0.25) is 0 Å². The highest BCUT2D eigenvalue weighted by molar-refractivity contribution is 7.92. The molecule has 1 unspecified atom stereocenters. The first-order valence-electron chi connectivity index (χ1n) is 10.0. The van der Waals surface area contributed by atoms with Crippen LogP contribution >= 0.6 is 0 Å². The van der Waals surface area contributed by atoms with Crippen LogP contribution < -0.4 is 10.0 Å². The van der Waals surface area contributed by atoms with Crippen LogP contribution in [0.1, 0.15) is 15.9 Å². The van der Waals surface area contributed by atoms with Crippen molar-refractivity contribution < 1.29 is 13.2 Å². The Kier molecular flexibility index (Phi) is 7.44. The molecule has 3 rings (SSSR count). The van der Waals surface area contributed by atoms with Crippen LogP contribution in [-0.4, -0.2) is 45.9 Å². The third-order valence-corrected chi connectivity index (χ3v) is 6.37. The number of benzene rings is 3. The SMILES string of the molecule is CN(C)C(CNC(=O)c1cccc(NS(=O)(=O)c2ccccc2)c1)Cc1ccccc1. The van der Waals surface area contributed by atoms with Gasteiger partial charge in [-0.3, -0.25) is 9.52 Å². The van der Waals surface area contributed by atoms with E-state index >= 15 is 0 Å². The maximum absolute atomic E-state index is 12.7. The van der Waals surface area contributed by atoms with Crippen LogP contribution in [0, 0.1) is 0 Å². The molecule has 0 bridgehead atoms. The summed E-state index contributed by atoms with van der Waals surface area (Å²) in [6.07, 6.45) is 0.811. The highest BCUT2D eigenvalue weighted by Crippen LogP contribution is 2.17. The predicted octanol–water partition coefficient (Wildman–Crippen LogP) is 3.39. The largest absolute Gasteiger partial charge is 0.350 e. The smallest absolute Gasteiger partial charge is 0.261 e. The van der Waals surface area contributed by atoms with Crippen LogP contribution in [0.5, 0.6) is 0 Å². The van der Waals surface area contributed by atoms with E-state index < -0.39 is 10.0 Å². The van der Waals surface area contributed by atoms with E-state index in [2.05, 4.69) is 27.1 Å². The third kappa shape index (κ3) is 6.41. The number of likely N-dealkylation sites (N-methyl/N-ethyl adjacent to an activating group) is 1. The number of anilines is 1. The van der Waals surface area contributed by atoms with Crippen molar-refractivity contribution >= 4 is 21.6 Å². The van der Waals surface area contributed by atoms with E-state index in [0.29, 0.717) is 17.8 Å². The van der Waals surface area contributed by atoms with E-state index in [1.165, 1.54) is 23.8 Å². The lowest BCUT2D eigenvalue weighted by molar-refractivity contribution is 0.0941. The minimum absolute atomic E-state index is 0.131. The molecule has 6 nitrogen and oxygen atoms in total. The second-order valence-electron chi connectivity index (χ2n) is 7.52. The fraction of sp³-hybridized carbons (Fsp3) is 0.208. The van der Waals surface area contributed by atoms with Gasteiger partial charge in [-0.1, -0.05) is 54.6 Å². The van der Waals surface area contributed by atoms with Crippen LogP contribution in [0.3, 0.4) is 0 Å². The van der Waals surface area contributed by atoms with E-state index in [-0.39, 0.29) is 16.8 Å². The van der Waals surface area contributed by atoms with Gasteiger partial charge in [0.05, 0.1) is 4.90 Å². The lowest BCUT2D eigenvalue weighted by Crippen LogP contribution is -2.41. The fourth-order valence-electron chi connectivity index (χ4n) is 3.17. The summed E-state index contributed by atoms with van der Waals surface area (Å²) in [5.41, 5.74) is 1.93. The molecule has 3 aromatic carbocycles. The van der Waals surface area contributed by atoms with Crippen LogP contribution in [0.2, 0.25) is 0 Å². The molecule has 0 aliphatic rings. The van der Waals surface area contributed by atoms with Crippen molar-refractivity contribution in [2.24, 2.45) is 0 Å². The summed E-state index contributed by atoms with van der Waals surface area (Å²) in [5, 5.41) is 2.96. The van der Waals surface area contributed by atoms with Crippen molar-refractivity contribution in [3.05, 3.63) is 96.1 Å². The summed E-state index contributed by atoms with van der Waals surface area (Å²) in [5.74, 6) is -0.249. The number of nitrogens with zero attached hydrogens (tertiary/aromatic N) is 1. The van der Waals surface area contributed by atoms with Gasteiger partial charge < -0.3 is 10.2 Å². The molecule has 0 aromatic heterocycles. The maximum Gasteiger partial charge on any atom is 0.261 e. The molecule has 7 heteroatoms. The molecular weight excluding hydrogens is 410 g/mol. The average molecular weight is 438 g/mol. The van der Waals surface area contributed by atoms with E-state index in [4.69, 9.17) is 0 Å². The van der Waals surface area contributed by atoms with Crippen molar-refractivity contribution in [2.45, 2.75) is 17.4 Å². The van der Waals surface area contributed by atoms with Gasteiger partial charge in [-0.05, 0) is 56.4 Å². The molecule has 0 spiro atoms. The van der Waals surface area contributed by atoms with Gasteiger partial charge in [0.1, 0.15) is 0 Å². The Bertz CT molecular complexity index is 1100. The molecule has 0 aliphatic carbocycles. The van der Waals surface area contributed by atoms with E-state index in [1.54, 1.807) is 36.4 Å². The molecule has 0 saturated carbocycles. The number of sulfonamides is 1. The number of rotatable bonds is 9. The Labute approximate surface area is 184 Å². The van der Waals surface area contributed by atoms with Gasteiger partial charge in [-0.15, -0.1) is 0 Å². The molecule has 0 saturated heterocycles. The summed E-state index contributed by atoms with van der Waals surface area (Å²) < 4.78 is 27.6. The van der Waals surface area contributed by atoms with Crippen LogP contribution in [-0.2, 0) is 16.4 Å². The summed E-state index contributed by atoms with van der Waals surface area (Å²) in [7, 11) is 0.254. The minimum atomic E-state index is -3.72. The second kappa shape index (κ2) is 10.2. The molecule has 0 aliphatic heterocycles. The Morgan fingerprint density at radius 3 is 2.19 bits per heavy atom. The second-order valence-corrected chi connectivity index (χ2v) is 9.20. The van der Waals surface area contributed by atoms with Gasteiger partial charge in [0.25, 0.3) is 15.9 Å². The van der Waals surface area contributed by atoms with Crippen molar-refractivity contribution in [1.29, 1.82) is 0 Å². The molecule has 1 atom stereocenters. The number of hydrogen-bond acceptors (Lipinski definition) is 4. The van der Waals surface area contributed by atoms with Gasteiger partial charge in [0, 0.05) is 23.8 Å². The average Bonchev–Trinajstić information content (AvgIpc) is 2.77. The lowest BCUT2D eigenvalue weighted by atomic mass is 10.0. The first-order valence-corrected chi connectivity index (χ1v) is 11.5. The van der Waals surface area contributed by atoms with E-state index in [9.17, 15) is 13.2 Å². The quantitative estimate of drug-likeness (QED) is 0.538. The molecule has 0 radical (unpaired) electrons. The minimum Gasteiger partial charge on any atom is -0.350 e. The number of nitrogens with one attached hydrogen (secondary N) is 2.